The quantitative estimate of drug-likeness (QED) is 0.831. The molecule has 0 aliphatic heterocycles. The van der Waals surface area contributed by atoms with E-state index in [9.17, 15) is 4.39 Å². The molecule has 0 aliphatic carbocycles. The summed E-state index contributed by atoms with van der Waals surface area (Å²) in [6.45, 7) is 5.36. The molecule has 0 N–H and O–H groups in total. The summed E-state index contributed by atoms with van der Waals surface area (Å²) >= 11 is 3.14. The van der Waals surface area contributed by atoms with E-state index < -0.39 is 0 Å². The Bertz CT molecular complexity index is 569. The molecular formula is C14H16BrFN2O. The monoisotopic (exact) mass is 326 g/mol. The van der Waals surface area contributed by atoms with Crippen LogP contribution in [0.3, 0.4) is 0 Å². The topological polar surface area (TPSA) is 27.1 Å². The number of aryl methyl sites for hydroxylation is 2. The molecule has 0 fully saturated rings. The summed E-state index contributed by atoms with van der Waals surface area (Å²) in [6, 6.07) is 6.67. The Kier molecular flexibility index (Phi) is 4.58. The van der Waals surface area contributed by atoms with Crippen LogP contribution in [0.15, 0.2) is 28.7 Å². The van der Waals surface area contributed by atoms with Gasteiger partial charge in [0.2, 0.25) is 0 Å². The van der Waals surface area contributed by atoms with Crippen LogP contribution >= 0.6 is 15.9 Å². The lowest BCUT2D eigenvalue weighted by atomic mass is 10.3. The predicted molar refractivity (Wildman–Crippen MR) is 75.7 cm³/mol. The van der Waals surface area contributed by atoms with Crippen molar-refractivity contribution < 1.29 is 9.13 Å². The highest BCUT2D eigenvalue weighted by Crippen LogP contribution is 2.22. The molecule has 0 aliphatic rings. The molecule has 2 aromatic rings. The summed E-state index contributed by atoms with van der Waals surface area (Å²) in [5.74, 6) is 0.342. The zero-order valence-electron chi connectivity index (χ0n) is 11.0. The van der Waals surface area contributed by atoms with Crippen LogP contribution in [0.4, 0.5) is 4.39 Å². The highest BCUT2D eigenvalue weighted by atomic mass is 79.9. The first kappa shape index (κ1) is 14.1. The fourth-order valence-corrected chi connectivity index (χ4v) is 2.16. The zero-order chi connectivity index (χ0) is 13.8. The van der Waals surface area contributed by atoms with Gasteiger partial charge in [0.15, 0.2) is 0 Å². The first-order chi connectivity index (χ1) is 9.13. The minimum Gasteiger partial charge on any atom is -0.487 e. The first-order valence-corrected chi connectivity index (χ1v) is 7.06. The van der Waals surface area contributed by atoms with Crippen molar-refractivity contribution >= 4 is 15.9 Å². The molecule has 1 aromatic carbocycles. The van der Waals surface area contributed by atoms with Crippen LogP contribution in [-0.2, 0) is 19.6 Å². The SMILES string of the molecule is CCc1cc(COc2ccc(F)c(Br)c2)n(CC)n1. The average Bonchev–Trinajstić information content (AvgIpc) is 2.82. The fraction of sp³-hybridized carbons (Fsp3) is 0.357. The second kappa shape index (κ2) is 6.19. The maximum atomic E-state index is 13.1. The summed E-state index contributed by atoms with van der Waals surface area (Å²) in [5.41, 5.74) is 2.08. The zero-order valence-corrected chi connectivity index (χ0v) is 12.6. The summed E-state index contributed by atoms with van der Waals surface area (Å²) in [5, 5.41) is 4.46. The smallest absolute Gasteiger partial charge is 0.137 e. The van der Waals surface area contributed by atoms with Crippen molar-refractivity contribution in [3.8, 4) is 5.75 Å². The van der Waals surface area contributed by atoms with Gasteiger partial charge in [0.25, 0.3) is 0 Å². The van der Waals surface area contributed by atoms with Crippen molar-refractivity contribution in [1.82, 2.24) is 9.78 Å². The second-order valence-electron chi connectivity index (χ2n) is 4.16. The van der Waals surface area contributed by atoms with Crippen molar-refractivity contribution in [3.63, 3.8) is 0 Å². The Hall–Kier alpha value is -1.36. The molecule has 1 heterocycles. The third-order valence-electron chi connectivity index (χ3n) is 2.85. The number of ether oxygens (including phenoxy) is 1. The molecule has 0 bridgehead atoms. The van der Waals surface area contributed by atoms with E-state index >= 15 is 0 Å². The number of nitrogens with zero attached hydrogens (tertiary/aromatic N) is 2. The van der Waals surface area contributed by atoms with Crippen LogP contribution in [0, 0.1) is 5.82 Å². The number of hydrogen-bond acceptors (Lipinski definition) is 2. The van der Waals surface area contributed by atoms with Gasteiger partial charge in [-0.15, -0.1) is 0 Å². The van der Waals surface area contributed by atoms with Gasteiger partial charge in [-0.3, -0.25) is 4.68 Å². The van der Waals surface area contributed by atoms with E-state index in [0.717, 1.165) is 24.4 Å². The first-order valence-electron chi connectivity index (χ1n) is 6.27. The molecule has 3 nitrogen and oxygen atoms in total. The van der Waals surface area contributed by atoms with Crippen molar-refractivity contribution in [2.24, 2.45) is 0 Å². The minimum absolute atomic E-state index is 0.292. The normalized spacial score (nSPS) is 10.7. The molecule has 1 aromatic heterocycles. The van der Waals surface area contributed by atoms with Crippen LogP contribution in [0.1, 0.15) is 25.2 Å². The summed E-state index contributed by atoms with van der Waals surface area (Å²) in [6.07, 6.45) is 0.905. The number of benzene rings is 1. The Morgan fingerprint density at radius 1 is 1.32 bits per heavy atom. The largest absolute Gasteiger partial charge is 0.487 e. The van der Waals surface area contributed by atoms with Gasteiger partial charge < -0.3 is 4.74 Å². The van der Waals surface area contributed by atoms with Crippen molar-refractivity contribution in [2.45, 2.75) is 33.4 Å². The third kappa shape index (κ3) is 3.35. The Labute approximate surface area is 120 Å². The average molecular weight is 327 g/mol. The maximum absolute atomic E-state index is 13.1. The van der Waals surface area contributed by atoms with Gasteiger partial charge in [0, 0.05) is 6.54 Å². The summed E-state index contributed by atoms with van der Waals surface area (Å²) in [4.78, 5) is 0. The van der Waals surface area contributed by atoms with Crippen LogP contribution in [-0.4, -0.2) is 9.78 Å². The standard InChI is InChI=1S/C14H16BrFN2O/c1-3-10-7-11(18(4-2)17-10)9-19-12-5-6-14(16)13(15)8-12/h5-8H,3-4,9H2,1-2H3. The molecule has 0 saturated heterocycles. The molecule has 5 heteroatoms. The highest BCUT2D eigenvalue weighted by molar-refractivity contribution is 9.10. The Morgan fingerprint density at radius 3 is 2.74 bits per heavy atom. The van der Waals surface area contributed by atoms with Gasteiger partial charge in [-0.1, -0.05) is 6.92 Å². The van der Waals surface area contributed by atoms with Gasteiger partial charge >= 0.3 is 0 Å². The molecular weight excluding hydrogens is 311 g/mol. The minimum atomic E-state index is -0.292. The highest BCUT2D eigenvalue weighted by Gasteiger charge is 2.07. The van der Waals surface area contributed by atoms with Crippen molar-refractivity contribution in [1.29, 1.82) is 0 Å². The molecule has 0 unspecified atom stereocenters. The lowest BCUT2D eigenvalue weighted by Crippen LogP contribution is -2.06. The predicted octanol–water partition coefficient (Wildman–Crippen LogP) is 3.95. The number of rotatable bonds is 5. The van der Waals surface area contributed by atoms with Gasteiger partial charge in [-0.05, 0) is 53.5 Å². The number of hydrogen-bond donors (Lipinski definition) is 0. The van der Waals surface area contributed by atoms with Crippen molar-refractivity contribution in [3.05, 3.63) is 45.9 Å². The molecule has 0 saturated carbocycles. The van der Waals surface area contributed by atoms with E-state index in [-0.39, 0.29) is 5.82 Å². The van der Waals surface area contributed by atoms with E-state index in [1.54, 1.807) is 12.1 Å². The van der Waals surface area contributed by atoms with Crippen molar-refractivity contribution in [2.75, 3.05) is 0 Å². The fourth-order valence-electron chi connectivity index (χ4n) is 1.80. The lowest BCUT2D eigenvalue weighted by Gasteiger charge is -2.08. The van der Waals surface area contributed by atoms with Crippen LogP contribution in [0.5, 0.6) is 5.75 Å². The van der Waals surface area contributed by atoms with E-state index in [2.05, 4.69) is 28.0 Å². The Balaban J connectivity index is 2.09. The van der Waals surface area contributed by atoms with Crippen LogP contribution in [0.2, 0.25) is 0 Å². The van der Waals surface area contributed by atoms with E-state index in [1.165, 1.54) is 6.07 Å². The summed E-state index contributed by atoms with van der Waals surface area (Å²) in [7, 11) is 0. The molecule has 0 atom stereocenters. The molecule has 2 rings (SSSR count). The van der Waals surface area contributed by atoms with Gasteiger partial charge in [-0.2, -0.15) is 5.10 Å². The number of halogens is 2. The molecule has 0 spiro atoms. The van der Waals surface area contributed by atoms with E-state index in [0.29, 0.717) is 16.8 Å². The Morgan fingerprint density at radius 2 is 2.11 bits per heavy atom. The third-order valence-corrected chi connectivity index (χ3v) is 3.46. The number of aromatic nitrogens is 2. The summed E-state index contributed by atoms with van der Waals surface area (Å²) < 4.78 is 21.1. The molecule has 0 amide bonds. The molecule has 19 heavy (non-hydrogen) atoms. The molecule has 0 radical (unpaired) electrons. The maximum Gasteiger partial charge on any atom is 0.137 e. The van der Waals surface area contributed by atoms with E-state index in [4.69, 9.17) is 4.74 Å². The van der Waals surface area contributed by atoms with Gasteiger partial charge in [0.05, 0.1) is 15.9 Å². The van der Waals surface area contributed by atoms with Gasteiger partial charge in [-0.25, -0.2) is 4.39 Å². The van der Waals surface area contributed by atoms with Crippen LogP contribution < -0.4 is 4.74 Å². The second-order valence-corrected chi connectivity index (χ2v) is 5.02. The lowest BCUT2D eigenvalue weighted by molar-refractivity contribution is 0.292. The van der Waals surface area contributed by atoms with Gasteiger partial charge in [0.1, 0.15) is 18.2 Å². The molecule has 102 valence electrons. The van der Waals surface area contributed by atoms with Crippen LogP contribution in [0.25, 0.3) is 0 Å². The van der Waals surface area contributed by atoms with E-state index in [1.807, 2.05) is 17.7 Å².